The number of carbonyl (C=O) groups is 3. The number of carbonyl (C=O) groups excluding carboxylic acids is 3. The summed E-state index contributed by atoms with van der Waals surface area (Å²) in [6.45, 7) is 0. The maximum absolute atomic E-state index is 13.0. The van der Waals surface area contributed by atoms with Crippen LogP contribution in [-0.4, -0.2) is 22.7 Å². The van der Waals surface area contributed by atoms with Crippen LogP contribution in [0.15, 0.2) is 85.2 Å². The van der Waals surface area contributed by atoms with Crippen LogP contribution in [0.1, 0.15) is 12.0 Å². The van der Waals surface area contributed by atoms with Gasteiger partial charge in [-0.2, -0.15) is 0 Å². The lowest BCUT2D eigenvalue weighted by atomic mass is 10.1. The molecule has 1 aliphatic heterocycles. The first kappa shape index (κ1) is 20.4. The van der Waals surface area contributed by atoms with Crippen molar-refractivity contribution >= 4 is 51.2 Å². The van der Waals surface area contributed by atoms with Crippen molar-refractivity contribution in [2.75, 3.05) is 15.5 Å². The molecule has 4 aromatic rings. The zero-order valence-corrected chi connectivity index (χ0v) is 17.6. The number of nitrogens with one attached hydrogen (secondary N) is 2. The molecule has 2 N–H and O–H groups in total. The number of rotatable bonds is 4. The van der Waals surface area contributed by atoms with Crippen LogP contribution in [0.25, 0.3) is 10.8 Å². The Labute approximate surface area is 190 Å². The minimum atomic E-state index is -0.348. The lowest BCUT2D eigenvalue weighted by Crippen LogP contribution is -2.26. The average molecular weight is 436 g/mol. The van der Waals surface area contributed by atoms with Crippen molar-refractivity contribution in [3.05, 3.63) is 90.8 Å². The molecule has 0 saturated heterocycles. The standard InChI is InChI=1S/C26H20N4O3/c31-23(14-17-4-3-13-27-16-17)28-19-8-10-20(11-9-19)30-22-12-7-18-5-1-2-6-21(18)26(22)29-24(32)15-25(30)33/h1-13,16H,14-15H2,(H,28,31)(H,29,32). The lowest BCUT2D eigenvalue weighted by Gasteiger charge is -2.23. The van der Waals surface area contributed by atoms with E-state index in [0.717, 1.165) is 16.3 Å². The van der Waals surface area contributed by atoms with Crippen LogP contribution in [0.5, 0.6) is 0 Å². The molecule has 0 unspecified atom stereocenters. The van der Waals surface area contributed by atoms with Crippen molar-refractivity contribution < 1.29 is 14.4 Å². The van der Waals surface area contributed by atoms with E-state index in [4.69, 9.17) is 0 Å². The smallest absolute Gasteiger partial charge is 0.241 e. The van der Waals surface area contributed by atoms with Gasteiger partial charge < -0.3 is 10.6 Å². The van der Waals surface area contributed by atoms with Gasteiger partial charge in [0.15, 0.2) is 0 Å². The first-order valence-corrected chi connectivity index (χ1v) is 10.5. The molecular weight excluding hydrogens is 416 g/mol. The second-order valence-corrected chi connectivity index (χ2v) is 7.77. The van der Waals surface area contributed by atoms with Crippen molar-refractivity contribution in [3.8, 4) is 0 Å². The Bertz CT molecular complexity index is 1370. The van der Waals surface area contributed by atoms with E-state index in [1.54, 1.807) is 47.6 Å². The van der Waals surface area contributed by atoms with Gasteiger partial charge in [0, 0.05) is 29.2 Å². The zero-order valence-electron chi connectivity index (χ0n) is 17.6. The Morgan fingerprint density at radius 3 is 2.58 bits per heavy atom. The third-order valence-corrected chi connectivity index (χ3v) is 5.47. The van der Waals surface area contributed by atoms with Crippen molar-refractivity contribution in [3.63, 3.8) is 0 Å². The number of benzene rings is 3. The molecule has 0 spiro atoms. The van der Waals surface area contributed by atoms with Gasteiger partial charge in [0.05, 0.1) is 17.8 Å². The molecule has 0 saturated carbocycles. The summed E-state index contributed by atoms with van der Waals surface area (Å²) in [5.41, 5.74) is 3.26. The van der Waals surface area contributed by atoms with Crippen LogP contribution >= 0.6 is 0 Å². The minimum Gasteiger partial charge on any atom is -0.326 e. The van der Waals surface area contributed by atoms with Crippen LogP contribution in [0, 0.1) is 0 Å². The maximum atomic E-state index is 13.0. The normalized spacial score (nSPS) is 13.3. The summed E-state index contributed by atoms with van der Waals surface area (Å²) in [4.78, 5) is 43.3. The van der Waals surface area contributed by atoms with E-state index < -0.39 is 0 Å². The van der Waals surface area contributed by atoms with Gasteiger partial charge in [-0.05, 0) is 47.3 Å². The Hall–Kier alpha value is -4.52. The SMILES string of the molecule is O=C(Cc1cccnc1)Nc1ccc(N2C(=O)CC(=O)Nc3c2ccc2ccccc32)cc1. The number of nitrogens with zero attached hydrogens (tertiary/aromatic N) is 2. The van der Waals surface area contributed by atoms with E-state index in [-0.39, 0.29) is 30.6 Å². The van der Waals surface area contributed by atoms with Crippen molar-refractivity contribution in [2.24, 2.45) is 0 Å². The fourth-order valence-electron chi connectivity index (χ4n) is 3.98. The molecule has 0 radical (unpaired) electrons. The fraction of sp³-hybridized carbons (Fsp3) is 0.0769. The summed E-state index contributed by atoms with van der Waals surface area (Å²) in [5, 5.41) is 7.58. The molecule has 7 nitrogen and oxygen atoms in total. The van der Waals surface area contributed by atoms with Gasteiger partial charge in [-0.3, -0.25) is 24.3 Å². The Morgan fingerprint density at radius 1 is 0.970 bits per heavy atom. The molecule has 3 amide bonds. The van der Waals surface area contributed by atoms with Crippen LogP contribution in [0.3, 0.4) is 0 Å². The summed E-state index contributed by atoms with van der Waals surface area (Å²) in [6.07, 6.45) is 3.28. The van der Waals surface area contributed by atoms with Gasteiger partial charge in [0.2, 0.25) is 17.7 Å². The zero-order chi connectivity index (χ0) is 22.8. The number of amides is 3. The number of hydrogen-bond donors (Lipinski definition) is 2. The van der Waals surface area contributed by atoms with Gasteiger partial charge in [-0.15, -0.1) is 0 Å². The molecule has 0 bridgehead atoms. The second kappa shape index (κ2) is 8.55. The van der Waals surface area contributed by atoms with Crippen LogP contribution in [0.2, 0.25) is 0 Å². The lowest BCUT2D eigenvalue weighted by molar-refractivity contribution is -0.124. The molecular formula is C26H20N4O3. The first-order chi connectivity index (χ1) is 16.1. The second-order valence-electron chi connectivity index (χ2n) is 7.77. The number of fused-ring (bicyclic) bond motifs is 3. The quantitative estimate of drug-likeness (QED) is 0.463. The number of anilines is 4. The van der Waals surface area contributed by atoms with Crippen molar-refractivity contribution in [1.29, 1.82) is 0 Å². The number of hydrogen-bond acceptors (Lipinski definition) is 4. The minimum absolute atomic E-state index is 0.159. The average Bonchev–Trinajstić information content (AvgIpc) is 2.95. The maximum Gasteiger partial charge on any atom is 0.241 e. The summed E-state index contributed by atoms with van der Waals surface area (Å²) in [7, 11) is 0. The molecule has 0 fully saturated rings. The van der Waals surface area contributed by atoms with E-state index in [0.29, 0.717) is 22.7 Å². The van der Waals surface area contributed by atoms with E-state index in [1.165, 1.54) is 0 Å². The van der Waals surface area contributed by atoms with Crippen molar-refractivity contribution in [1.82, 2.24) is 4.98 Å². The van der Waals surface area contributed by atoms with Gasteiger partial charge in [0.25, 0.3) is 0 Å². The summed E-state index contributed by atoms with van der Waals surface area (Å²) in [6, 6.07) is 22.1. The summed E-state index contributed by atoms with van der Waals surface area (Å²) >= 11 is 0. The van der Waals surface area contributed by atoms with Crippen LogP contribution in [-0.2, 0) is 20.8 Å². The molecule has 1 aromatic heterocycles. The van der Waals surface area contributed by atoms with E-state index in [9.17, 15) is 14.4 Å². The Kier molecular flexibility index (Phi) is 5.28. The van der Waals surface area contributed by atoms with Gasteiger partial charge in [-0.25, -0.2) is 0 Å². The van der Waals surface area contributed by atoms with E-state index in [1.807, 2.05) is 42.5 Å². The molecule has 162 valence electrons. The topological polar surface area (TPSA) is 91.4 Å². The Balaban J connectivity index is 1.44. The molecule has 0 atom stereocenters. The predicted octanol–water partition coefficient (Wildman–Crippen LogP) is 4.42. The third kappa shape index (κ3) is 4.16. The highest BCUT2D eigenvalue weighted by molar-refractivity contribution is 6.21. The highest BCUT2D eigenvalue weighted by Gasteiger charge is 2.28. The number of aromatic nitrogens is 1. The largest absolute Gasteiger partial charge is 0.326 e. The van der Waals surface area contributed by atoms with Gasteiger partial charge in [-0.1, -0.05) is 36.4 Å². The monoisotopic (exact) mass is 436 g/mol. The molecule has 3 aromatic carbocycles. The van der Waals surface area contributed by atoms with E-state index in [2.05, 4.69) is 15.6 Å². The third-order valence-electron chi connectivity index (χ3n) is 5.47. The first-order valence-electron chi connectivity index (χ1n) is 10.5. The fourth-order valence-corrected chi connectivity index (χ4v) is 3.98. The summed E-state index contributed by atoms with van der Waals surface area (Å²) in [5.74, 6) is -0.831. The van der Waals surface area contributed by atoms with Crippen LogP contribution in [0.4, 0.5) is 22.7 Å². The van der Waals surface area contributed by atoms with E-state index >= 15 is 0 Å². The van der Waals surface area contributed by atoms with Crippen molar-refractivity contribution in [2.45, 2.75) is 12.8 Å². The van der Waals surface area contributed by atoms with Gasteiger partial charge >= 0.3 is 0 Å². The number of pyridine rings is 1. The highest BCUT2D eigenvalue weighted by atomic mass is 16.2. The summed E-state index contributed by atoms with van der Waals surface area (Å²) < 4.78 is 0. The molecule has 2 heterocycles. The molecule has 5 rings (SSSR count). The highest BCUT2D eigenvalue weighted by Crippen LogP contribution is 2.40. The molecule has 1 aliphatic rings. The predicted molar refractivity (Wildman–Crippen MR) is 127 cm³/mol. The van der Waals surface area contributed by atoms with Gasteiger partial charge in [0.1, 0.15) is 6.42 Å². The Morgan fingerprint density at radius 2 is 1.79 bits per heavy atom. The van der Waals surface area contributed by atoms with Crippen LogP contribution < -0.4 is 15.5 Å². The molecule has 0 aliphatic carbocycles. The molecule has 33 heavy (non-hydrogen) atoms. The molecule has 7 heteroatoms.